The van der Waals surface area contributed by atoms with Crippen LogP contribution in [0.25, 0.3) is 11.8 Å². The first-order valence-corrected chi connectivity index (χ1v) is 7.39. The van der Waals surface area contributed by atoms with Crippen LogP contribution < -0.4 is 5.32 Å². The van der Waals surface area contributed by atoms with Crippen molar-refractivity contribution in [3.05, 3.63) is 90.5 Å². The van der Waals surface area contributed by atoms with E-state index in [-0.39, 0.29) is 5.91 Å². The third-order valence-corrected chi connectivity index (χ3v) is 3.41. The average Bonchev–Trinajstić information content (AvgIpc) is 3.14. The lowest BCUT2D eigenvalue weighted by Crippen LogP contribution is -2.20. The zero-order chi connectivity index (χ0) is 15.9. The van der Waals surface area contributed by atoms with E-state index in [1.807, 2.05) is 65.4 Å². The van der Waals surface area contributed by atoms with Crippen LogP contribution in [0.1, 0.15) is 11.1 Å². The predicted octanol–water partition coefficient (Wildman–Crippen LogP) is 3.20. The van der Waals surface area contributed by atoms with Gasteiger partial charge in [-0.05, 0) is 29.3 Å². The molecule has 0 spiro atoms. The van der Waals surface area contributed by atoms with Crippen molar-refractivity contribution in [2.24, 2.45) is 0 Å². The molecule has 4 nitrogen and oxygen atoms in total. The quantitative estimate of drug-likeness (QED) is 0.736. The molecule has 0 aliphatic carbocycles. The van der Waals surface area contributed by atoms with Gasteiger partial charge in [0.15, 0.2) is 0 Å². The van der Waals surface area contributed by atoms with Crippen molar-refractivity contribution < 1.29 is 4.79 Å². The van der Waals surface area contributed by atoms with E-state index >= 15 is 0 Å². The Labute approximate surface area is 135 Å². The van der Waals surface area contributed by atoms with Crippen LogP contribution >= 0.6 is 0 Å². The van der Waals surface area contributed by atoms with Crippen LogP contribution in [-0.2, 0) is 11.3 Å². The highest BCUT2D eigenvalue weighted by Gasteiger charge is 2.00. The monoisotopic (exact) mass is 303 g/mol. The number of benzene rings is 2. The van der Waals surface area contributed by atoms with Gasteiger partial charge in [0.2, 0.25) is 5.91 Å². The lowest BCUT2D eigenvalue weighted by Gasteiger charge is -2.06. The van der Waals surface area contributed by atoms with Crippen LogP contribution in [-0.4, -0.2) is 15.5 Å². The Kier molecular flexibility index (Phi) is 4.64. The smallest absolute Gasteiger partial charge is 0.244 e. The maximum absolute atomic E-state index is 11.9. The number of hydrogen-bond acceptors (Lipinski definition) is 2. The average molecular weight is 303 g/mol. The molecular formula is C19H17N3O. The molecule has 1 amide bonds. The first-order valence-electron chi connectivity index (χ1n) is 7.39. The van der Waals surface area contributed by atoms with Crippen molar-refractivity contribution in [1.29, 1.82) is 0 Å². The maximum Gasteiger partial charge on any atom is 0.244 e. The lowest BCUT2D eigenvalue weighted by atomic mass is 10.2. The Morgan fingerprint density at radius 3 is 2.78 bits per heavy atom. The molecule has 0 fully saturated rings. The van der Waals surface area contributed by atoms with Gasteiger partial charge in [-0.15, -0.1) is 0 Å². The van der Waals surface area contributed by atoms with Crippen molar-refractivity contribution in [3.63, 3.8) is 0 Å². The van der Waals surface area contributed by atoms with Gasteiger partial charge in [-0.2, -0.15) is 0 Å². The van der Waals surface area contributed by atoms with Gasteiger partial charge in [0.1, 0.15) is 0 Å². The molecule has 1 heterocycles. The molecule has 0 aliphatic rings. The Morgan fingerprint density at radius 1 is 1.13 bits per heavy atom. The Hall–Kier alpha value is -3.14. The SMILES string of the molecule is O=C(/C=C/c1ccccc1)NCc1cccc(-n2ccnc2)c1. The highest BCUT2D eigenvalue weighted by atomic mass is 16.1. The molecule has 3 aromatic rings. The molecule has 0 unspecified atom stereocenters. The van der Waals surface area contributed by atoms with Crippen LogP contribution in [0.15, 0.2) is 79.4 Å². The summed E-state index contributed by atoms with van der Waals surface area (Å²) in [4.78, 5) is 15.9. The fourth-order valence-electron chi connectivity index (χ4n) is 2.22. The van der Waals surface area contributed by atoms with E-state index in [0.29, 0.717) is 6.54 Å². The number of imidazole rings is 1. The largest absolute Gasteiger partial charge is 0.348 e. The van der Waals surface area contributed by atoms with E-state index in [9.17, 15) is 4.79 Å². The van der Waals surface area contributed by atoms with Crippen molar-refractivity contribution in [2.45, 2.75) is 6.54 Å². The second-order valence-electron chi connectivity index (χ2n) is 5.10. The maximum atomic E-state index is 11.9. The number of rotatable bonds is 5. The third kappa shape index (κ3) is 4.17. The van der Waals surface area contributed by atoms with E-state index in [1.165, 1.54) is 0 Å². The zero-order valence-corrected chi connectivity index (χ0v) is 12.6. The second kappa shape index (κ2) is 7.22. The van der Waals surface area contributed by atoms with Gasteiger partial charge >= 0.3 is 0 Å². The van der Waals surface area contributed by atoms with Gasteiger partial charge in [0, 0.05) is 30.7 Å². The summed E-state index contributed by atoms with van der Waals surface area (Å²) in [6.07, 6.45) is 8.73. The zero-order valence-electron chi connectivity index (χ0n) is 12.6. The molecule has 0 radical (unpaired) electrons. The van der Waals surface area contributed by atoms with Crippen molar-refractivity contribution in [1.82, 2.24) is 14.9 Å². The van der Waals surface area contributed by atoms with Crippen molar-refractivity contribution in [2.75, 3.05) is 0 Å². The van der Waals surface area contributed by atoms with Gasteiger partial charge in [0.25, 0.3) is 0 Å². The molecule has 4 heteroatoms. The summed E-state index contributed by atoms with van der Waals surface area (Å²) in [5.41, 5.74) is 3.07. The van der Waals surface area contributed by atoms with Gasteiger partial charge in [0.05, 0.1) is 6.33 Å². The molecule has 23 heavy (non-hydrogen) atoms. The minimum atomic E-state index is -0.109. The summed E-state index contributed by atoms with van der Waals surface area (Å²) in [5, 5.41) is 2.89. The molecule has 3 rings (SSSR count). The van der Waals surface area contributed by atoms with Gasteiger partial charge in [-0.25, -0.2) is 4.98 Å². The van der Waals surface area contributed by atoms with Gasteiger partial charge in [-0.1, -0.05) is 42.5 Å². The molecule has 0 aliphatic heterocycles. The second-order valence-corrected chi connectivity index (χ2v) is 5.10. The molecular weight excluding hydrogens is 286 g/mol. The first kappa shape index (κ1) is 14.8. The fourth-order valence-corrected chi connectivity index (χ4v) is 2.22. The Bertz CT molecular complexity index is 793. The lowest BCUT2D eigenvalue weighted by molar-refractivity contribution is -0.116. The summed E-state index contributed by atoms with van der Waals surface area (Å²) in [6.45, 7) is 0.487. The number of amides is 1. The van der Waals surface area contributed by atoms with E-state index < -0.39 is 0 Å². The van der Waals surface area contributed by atoms with Crippen LogP contribution in [0, 0.1) is 0 Å². The van der Waals surface area contributed by atoms with Gasteiger partial charge < -0.3 is 9.88 Å². The highest BCUT2D eigenvalue weighted by Crippen LogP contribution is 2.10. The van der Waals surface area contributed by atoms with Crippen LogP contribution in [0.2, 0.25) is 0 Å². The van der Waals surface area contributed by atoms with Crippen LogP contribution in [0.5, 0.6) is 0 Å². The normalized spacial score (nSPS) is 10.8. The number of nitrogens with one attached hydrogen (secondary N) is 1. The number of carbonyl (C=O) groups is 1. The van der Waals surface area contributed by atoms with Crippen LogP contribution in [0.4, 0.5) is 0 Å². The molecule has 0 saturated carbocycles. The van der Waals surface area contributed by atoms with E-state index in [2.05, 4.69) is 10.3 Å². The molecule has 0 bridgehead atoms. The summed E-state index contributed by atoms with van der Waals surface area (Å²) >= 11 is 0. The van der Waals surface area contributed by atoms with Crippen molar-refractivity contribution >= 4 is 12.0 Å². The molecule has 1 aromatic heterocycles. The van der Waals surface area contributed by atoms with E-state index in [0.717, 1.165) is 16.8 Å². The van der Waals surface area contributed by atoms with E-state index in [1.54, 1.807) is 24.7 Å². The number of aromatic nitrogens is 2. The topological polar surface area (TPSA) is 46.9 Å². The first-order chi connectivity index (χ1) is 11.3. The standard InChI is InChI=1S/C19H17N3O/c23-19(10-9-16-5-2-1-3-6-16)21-14-17-7-4-8-18(13-17)22-12-11-20-15-22/h1-13,15H,14H2,(H,21,23)/b10-9+. The molecule has 114 valence electrons. The molecule has 0 saturated heterocycles. The summed E-state index contributed by atoms with van der Waals surface area (Å²) < 4.78 is 1.93. The Balaban J connectivity index is 1.59. The summed E-state index contributed by atoms with van der Waals surface area (Å²) in [7, 11) is 0. The van der Waals surface area contributed by atoms with E-state index in [4.69, 9.17) is 0 Å². The van der Waals surface area contributed by atoms with Gasteiger partial charge in [-0.3, -0.25) is 4.79 Å². The molecule has 2 aromatic carbocycles. The highest BCUT2D eigenvalue weighted by molar-refractivity contribution is 5.91. The Morgan fingerprint density at radius 2 is 2.00 bits per heavy atom. The summed E-state index contributed by atoms with van der Waals surface area (Å²) in [5.74, 6) is -0.109. The third-order valence-electron chi connectivity index (χ3n) is 3.41. The minimum Gasteiger partial charge on any atom is -0.348 e. The number of carbonyl (C=O) groups excluding carboxylic acids is 1. The van der Waals surface area contributed by atoms with Crippen molar-refractivity contribution in [3.8, 4) is 5.69 Å². The summed E-state index contributed by atoms with van der Waals surface area (Å²) in [6, 6.07) is 17.7. The predicted molar refractivity (Wildman–Crippen MR) is 90.9 cm³/mol. The number of hydrogen-bond donors (Lipinski definition) is 1. The van der Waals surface area contributed by atoms with Crippen LogP contribution in [0.3, 0.4) is 0 Å². The number of nitrogens with zero attached hydrogens (tertiary/aromatic N) is 2. The fraction of sp³-hybridized carbons (Fsp3) is 0.0526. The minimum absolute atomic E-state index is 0.109. The molecule has 0 atom stereocenters. The molecule has 1 N–H and O–H groups in total.